The van der Waals surface area contributed by atoms with Crippen LogP contribution in [0.25, 0.3) is 11.3 Å². The Morgan fingerprint density at radius 2 is 1.95 bits per heavy atom. The van der Waals surface area contributed by atoms with Gasteiger partial charge in [-0.15, -0.1) is 6.07 Å². The van der Waals surface area contributed by atoms with Gasteiger partial charge in [0.05, 0.1) is 0 Å². The molecule has 0 aliphatic heterocycles. The Kier molecular flexibility index (Phi) is 5.51. The van der Waals surface area contributed by atoms with Crippen molar-refractivity contribution in [3.63, 3.8) is 0 Å². The number of aromatic hydroxyl groups is 1. The molecule has 0 fully saturated rings. The molecule has 97 valence electrons. The van der Waals surface area contributed by atoms with Gasteiger partial charge in [-0.05, 0) is 19.1 Å². The fourth-order valence-electron chi connectivity index (χ4n) is 2.07. The molecule has 0 aliphatic carbocycles. The van der Waals surface area contributed by atoms with Crippen molar-refractivity contribution < 1.29 is 37.8 Å². The Morgan fingerprint density at radius 1 is 1.26 bits per heavy atom. The standard InChI is InChI=1S/C15H16NO2.Y/c1-4-16-14(8-5-10(2)15(16)18)13-7-6-12(17)9-11(13)3;/h5-7,9,17H,4H2,1-3H3;/q-1;. The van der Waals surface area contributed by atoms with E-state index in [0.717, 1.165) is 16.8 Å². The third kappa shape index (κ3) is 3.15. The molecule has 0 saturated carbocycles. The fourth-order valence-corrected chi connectivity index (χ4v) is 2.07. The van der Waals surface area contributed by atoms with Crippen molar-refractivity contribution in [1.29, 1.82) is 0 Å². The molecule has 1 aromatic heterocycles. The van der Waals surface area contributed by atoms with Crippen molar-refractivity contribution >= 4 is 0 Å². The number of phenolic OH excluding ortho intramolecular Hbond substituents is 1. The maximum atomic E-state index is 12.1. The quantitative estimate of drug-likeness (QED) is 0.860. The summed E-state index contributed by atoms with van der Waals surface area (Å²) < 4.78 is 1.70. The van der Waals surface area contributed by atoms with E-state index in [9.17, 15) is 9.90 Å². The van der Waals surface area contributed by atoms with Gasteiger partial charge in [-0.25, -0.2) is 0 Å². The molecule has 0 atom stereocenters. The number of hydrogen-bond donors (Lipinski definition) is 1. The number of pyridine rings is 1. The average Bonchev–Trinajstić information content (AvgIpc) is 2.33. The first-order valence-corrected chi connectivity index (χ1v) is 5.96. The molecule has 2 rings (SSSR count). The van der Waals surface area contributed by atoms with Crippen molar-refractivity contribution in [3.05, 3.63) is 51.8 Å². The Labute approximate surface area is 138 Å². The molecule has 1 aromatic carbocycles. The molecule has 0 aliphatic rings. The first-order valence-electron chi connectivity index (χ1n) is 5.96. The SMILES string of the molecule is CCn1c(-c2ccc(O)cc2C)[c-]cc(C)c1=O.[Y]. The van der Waals surface area contributed by atoms with E-state index in [-0.39, 0.29) is 44.0 Å². The Hall–Kier alpha value is -0.926. The van der Waals surface area contributed by atoms with Crippen molar-refractivity contribution in [1.82, 2.24) is 4.57 Å². The number of aromatic nitrogens is 1. The summed E-state index contributed by atoms with van der Waals surface area (Å²) in [6.07, 6.45) is 0. The van der Waals surface area contributed by atoms with Crippen LogP contribution in [0.2, 0.25) is 0 Å². The minimum Gasteiger partial charge on any atom is -0.508 e. The number of phenols is 1. The van der Waals surface area contributed by atoms with Gasteiger partial charge in [-0.1, -0.05) is 36.2 Å². The fraction of sp³-hybridized carbons (Fsp3) is 0.267. The zero-order valence-electron chi connectivity index (χ0n) is 11.4. The molecule has 0 saturated heterocycles. The van der Waals surface area contributed by atoms with Crippen LogP contribution in [-0.2, 0) is 39.3 Å². The minimum absolute atomic E-state index is 0. The molecule has 1 radical (unpaired) electrons. The van der Waals surface area contributed by atoms with E-state index in [1.807, 2.05) is 19.9 Å². The molecule has 4 heteroatoms. The van der Waals surface area contributed by atoms with Gasteiger partial charge in [-0.2, -0.15) is 12.1 Å². The molecule has 0 unspecified atom stereocenters. The smallest absolute Gasteiger partial charge is 0.197 e. The first kappa shape index (κ1) is 16.1. The summed E-state index contributed by atoms with van der Waals surface area (Å²) in [4.78, 5) is 12.1. The van der Waals surface area contributed by atoms with Gasteiger partial charge in [0, 0.05) is 39.3 Å². The molecule has 1 N–H and O–H groups in total. The molecular formula is C15H16NO2Y-. The molecule has 0 spiro atoms. The van der Waals surface area contributed by atoms with Crippen molar-refractivity contribution in [2.24, 2.45) is 0 Å². The number of benzene rings is 1. The normalized spacial score (nSPS) is 10.1. The topological polar surface area (TPSA) is 42.2 Å². The predicted octanol–water partition coefficient (Wildman–Crippen LogP) is 2.66. The molecule has 2 aromatic rings. The van der Waals surface area contributed by atoms with E-state index >= 15 is 0 Å². The number of nitrogens with zero attached hydrogens (tertiary/aromatic N) is 1. The van der Waals surface area contributed by atoms with Crippen LogP contribution in [0.4, 0.5) is 0 Å². The van der Waals surface area contributed by atoms with Gasteiger partial charge in [0.25, 0.3) is 0 Å². The van der Waals surface area contributed by atoms with Crippen LogP contribution in [0, 0.1) is 19.9 Å². The number of hydrogen-bond acceptors (Lipinski definition) is 2. The van der Waals surface area contributed by atoms with Crippen LogP contribution in [0.1, 0.15) is 18.1 Å². The zero-order valence-corrected chi connectivity index (χ0v) is 14.2. The summed E-state index contributed by atoms with van der Waals surface area (Å²) in [6, 6.07) is 10.0. The van der Waals surface area contributed by atoms with E-state index in [0.29, 0.717) is 12.1 Å². The van der Waals surface area contributed by atoms with Gasteiger partial charge in [0.1, 0.15) is 5.75 Å². The molecule has 19 heavy (non-hydrogen) atoms. The van der Waals surface area contributed by atoms with Crippen LogP contribution in [0.5, 0.6) is 5.75 Å². The Balaban J connectivity index is 0.00000180. The van der Waals surface area contributed by atoms with Gasteiger partial charge in [-0.3, -0.25) is 4.79 Å². The molecular weight excluding hydrogens is 315 g/mol. The largest absolute Gasteiger partial charge is 0.508 e. The van der Waals surface area contributed by atoms with Crippen LogP contribution in [-0.4, -0.2) is 9.67 Å². The second kappa shape index (κ2) is 6.49. The summed E-state index contributed by atoms with van der Waals surface area (Å²) in [5.41, 5.74) is 3.32. The van der Waals surface area contributed by atoms with E-state index in [1.165, 1.54) is 0 Å². The maximum absolute atomic E-state index is 12.1. The van der Waals surface area contributed by atoms with Gasteiger partial charge >= 0.3 is 0 Å². The van der Waals surface area contributed by atoms with E-state index in [1.54, 1.807) is 29.7 Å². The summed E-state index contributed by atoms with van der Waals surface area (Å²) in [5.74, 6) is 0.230. The molecule has 3 nitrogen and oxygen atoms in total. The summed E-state index contributed by atoms with van der Waals surface area (Å²) in [7, 11) is 0. The van der Waals surface area contributed by atoms with E-state index in [4.69, 9.17) is 0 Å². The predicted molar refractivity (Wildman–Crippen MR) is 71.8 cm³/mol. The van der Waals surface area contributed by atoms with Gasteiger partial charge < -0.3 is 9.67 Å². The Bertz CT molecular complexity index is 647. The van der Waals surface area contributed by atoms with Gasteiger partial charge in [0.2, 0.25) is 0 Å². The van der Waals surface area contributed by atoms with Crippen molar-refractivity contribution in [3.8, 4) is 17.0 Å². The van der Waals surface area contributed by atoms with Crippen LogP contribution < -0.4 is 5.56 Å². The van der Waals surface area contributed by atoms with Gasteiger partial charge in [0.15, 0.2) is 5.56 Å². The van der Waals surface area contributed by atoms with Crippen LogP contribution in [0.15, 0.2) is 29.1 Å². The molecule has 1 heterocycles. The summed E-state index contributed by atoms with van der Waals surface area (Å²) in [5, 5.41) is 9.43. The average molecular weight is 331 g/mol. The Morgan fingerprint density at radius 3 is 2.53 bits per heavy atom. The zero-order chi connectivity index (χ0) is 13.3. The molecule has 0 bridgehead atoms. The number of aryl methyl sites for hydroxylation is 2. The minimum atomic E-state index is 0. The third-order valence-corrected chi connectivity index (χ3v) is 3.06. The third-order valence-electron chi connectivity index (χ3n) is 3.06. The number of rotatable bonds is 2. The van der Waals surface area contributed by atoms with Crippen molar-refractivity contribution in [2.75, 3.05) is 0 Å². The van der Waals surface area contributed by atoms with Crippen LogP contribution in [0.3, 0.4) is 0 Å². The van der Waals surface area contributed by atoms with Crippen LogP contribution >= 0.6 is 0 Å². The second-order valence-corrected chi connectivity index (χ2v) is 4.37. The maximum Gasteiger partial charge on any atom is 0.197 e. The molecule has 0 amide bonds. The second-order valence-electron chi connectivity index (χ2n) is 4.37. The monoisotopic (exact) mass is 331 g/mol. The van der Waals surface area contributed by atoms with E-state index in [2.05, 4.69) is 6.07 Å². The first-order chi connectivity index (χ1) is 8.54. The summed E-state index contributed by atoms with van der Waals surface area (Å²) in [6.45, 7) is 6.24. The van der Waals surface area contributed by atoms with Crippen molar-refractivity contribution in [2.45, 2.75) is 27.3 Å². The van der Waals surface area contributed by atoms with E-state index < -0.39 is 0 Å². The summed E-state index contributed by atoms with van der Waals surface area (Å²) >= 11 is 0.